The van der Waals surface area contributed by atoms with Crippen LogP contribution in [0, 0.1) is 11.3 Å². The van der Waals surface area contributed by atoms with Crippen LogP contribution in [0.25, 0.3) is 5.69 Å². The van der Waals surface area contributed by atoms with E-state index >= 15 is 0 Å². The molecule has 1 aliphatic heterocycles. The molecule has 9 heteroatoms. The highest BCUT2D eigenvalue weighted by Gasteiger charge is 2.33. The van der Waals surface area contributed by atoms with Crippen LogP contribution in [0.5, 0.6) is 5.75 Å². The minimum absolute atomic E-state index is 0.0698. The zero-order valence-electron chi connectivity index (χ0n) is 13.4. The molecule has 24 heavy (non-hydrogen) atoms. The Morgan fingerprint density at radius 2 is 2.21 bits per heavy atom. The van der Waals surface area contributed by atoms with E-state index in [0.29, 0.717) is 23.7 Å². The van der Waals surface area contributed by atoms with Crippen LogP contribution in [0.4, 0.5) is 5.82 Å². The second-order valence-electron chi connectivity index (χ2n) is 5.64. The van der Waals surface area contributed by atoms with Crippen molar-refractivity contribution in [3.63, 3.8) is 0 Å². The Bertz CT molecular complexity index is 900. The number of aromatic nitrogens is 3. The van der Waals surface area contributed by atoms with Crippen LogP contribution in [0.15, 0.2) is 24.3 Å². The standard InChI is InChI=1S/C15H17N5O3S/c1-19(12-6-7-24(21,22)10-12)15-14(9-16)17-20(18-15)11-4-3-5-13(8-11)23-2/h3-5,8,12H,6-7,10H2,1-2H3. The van der Waals surface area contributed by atoms with E-state index < -0.39 is 9.84 Å². The molecule has 1 aromatic carbocycles. The van der Waals surface area contributed by atoms with Gasteiger partial charge in [0.15, 0.2) is 15.7 Å². The van der Waals surface area contributed by atoms with E-state index in [0.717, 1.165) is 0 Å². The first-order valence-electron chi connectivity index (χ1n) is 7.38. The Labute approximate surface area is 140 Å². The fourth-order valence-electron chi connectivity index (χ4n) is 2.71. The molecule has 2 heterocycles. The third kappa shape index (κ3) is 3.05. The van der Waals surface area contributed by atoms with E-state index in [4.69, 9.17) is 4.74 Å². The number of sulfone groups is 1. The number of nitrogens with zero attached hydrogens (tertiary/aromatic N) is 5. The smallest absolute Gasteiger partial charge is 0.207 e. The average Bonchev–Trinajstić information content (AvgIpc) is 3.17. The zero-order chi connectivity index (χ0) is 17.3. The molecule has 0 bridgehead atoms. The number of benzene rings is 1. The van der Waals surface area contributed by atoms with Crippen molar-refractivity contribution in [3.05, 3.63) is 30.0 Å². The van der Waals surface area contributed by atoms with E-state index in [9.17, 15) is 13.7 Å². The summed E-state index contributed by atoms with van der Waals surface area (Å²) < 4.78 is 28.5. The summed E-state index contributed by atoms with van der Waals surface area (Å²) in [4.78, 5) is 3.09. The highest BCUT2D eigenvalue weighted by atomic mass is 32.2. The number of rotatable bonds is 4. The third-order valence-electron chi connectivity index (χ3n) is 4.08. The van der Waals surface area contributed by atoms with Gasteiger partial charge in [-0.2, -0.15) is 5.26 Å². The minimum Gasteiger partial charge on any atom is -0.497 e. The van der Waals surface area contributed by atoms with Crippen molar-refractivity contribution in [2.45, 2.75) is 12.5 Å². The van der Waals surface area contributed by atoms with Gasteiger partial charge in [0.2, 0.25) is 5.69 Å². The van der Waals surface area contributed by atoms with Crippen molar-refractivity contribution in [2.24, 2.45) is 0 Å². The predicted molar refractivity (Wildman–Crippen MR) is 88.1 cm³/mol. The van der Waals surface area contributed by atoms with Gasteiger partial charge in [-0.05, 0) is 18.6 Å². The van der Waals surface area contributed by atoms with Crippen molar-refractivity contribution in [3.8, 4) is 17.5 Å². The largest absolute Gasteiger partial charge is 0.497 e. The fraction of sp³-hybridized carbons (Fsp3) is 0.400. The second-order valence-corrected chi connectivity index (χ2v) is 7.87. The zero-order valence-corrected chi connectivity index (χ0v) is 14.2. The van der Waals surface area contributed by atoms with Crippen LogP contribution < -0.4 is 9.64 Å². The second kappa shape index (κ2) is 6.13. The lowest BCUT2D eigenvalue weighted by Gasteiger charge is -2.22. The molecule has 1 atom stereocenters. The summed E-state index contributed by atoms with van der Waals surface area (Å²) in [6, 6.07) is 8.98. The normalized spacial score (nSPS) is 19.0. The Morgan fingerprint density at radius 3 is 2.83 bits per heavy atom. The van der Waals surface area contributed by atoms with Gasteiger partial charge in [-0.25, -0.2) is 8.42 Å². The van der Waals surface area contributed by atoms with Crippen molar-refractivity contribution in [1.29, 1.82) is 5.26 Å². The molecule has 2 aromatic rings. The van der Waals surface area contributed by atoms with Crippen LogP contribution in [0.2, 0.25) is 0 Å². The summed E-state index contributed by atoms with van der Waals surface area (Å²) in [6.07, 6.45) is 0.524. The molecule has 0 amide bonds. The number of methoxy groups -OCH3 is 1. The van der Waals surface area contributed by atoms with Crippen LogP contribution in [-0.4, -0.2) is 55.1 Å². The molecule has 0 N–H and O–H groups in total. The summed E-state index contributed by atoms with van der Waals surface area (Å²) in [6.45, 7) is 0. The number of ether oxygens (including phenoxy) is 1. The Hall–Kier alpha value is -2.60. The van der Waals surface area contributed by atoms with Crippen LogP contribution in [-0.2, 0) is 9.84 Å². The number of hydrogen-bond acceptors (Lipinski definition) is 7. The minimum atomic E-state index is -3.02. The molecule has 1 aromatic heterocycles. The van der Waals surface area contributed by atoms with Gasteiger partial charge in [-0.15, -0.1) is 15.0 Å². The molecule has 8 nitrogen and oxygen atoms in total. The Kier molecular flexibility index (Phi) is 4.15. The molecule has 3 rings (SSSR count). The SMILES string of the molecule is COc1cccc(-n2nc(C#N)c(N(C)C3CCS(=O)(=O)C3)n2)c1. The van der Waals surface area contributed by atoms with Crippen molar-refractivity contribution >= 4 is 15.7 Å². The van der Waals surface area contributed by atoms with Gasteiger partial charge in [0.1, 0.15) is 11.8 Å². The Morgan fingerprint density at radius 1 is 1.42 bits per heavy atom. The third-order valence-corrected chi connectivity index (χ3v) is 5.83. The molecule has 1 aliphatic rings. The number of hydrogen-bond donors (Lipinski definition) is 0. The van der Waals surface area contributed by atoms with E-state index in [1.807, 2.05) is 6.07 Å². The predicted octanol–water partition coefficient (Wildman–Crippen LogP) is 0.771. The van der Waals surface area contributed by atoms with Crippen LogP contribution in [0.1, 0.15) is 12.1 Å². The Balaban J connectivity index is 1.95. The van der Waals surface area contributed by atoms with E-state index in [1.165, 1.54) is 4.80 Å². The molecule has 1 unspecified atom stereocenters. The molecule has 1 saturated heterocycles. The fourth-order valence-corrected chi connectivity index (χ4v) is 4.49. The molecular weight excluding hydrogens is 330 g/mol. The molecule has 126 valence electrons. The van der Waals surface area contributed by atoms with Gasteiger partial charge in [0, 0.05) is 19.2 Å². The maximum atomic E-state index is 11.7. The highest BCUT2D eigenvalue weighted by molar-refractivity contribution is 7.91. The molecule has 0 aliphatic carbocycles. The van der Waals surface area contributed by atoms with Gasteiger partial charge in [0.05, 0.1) is 24.3 Å². The van der Waals surface area contributed by atoms with Gasteiger partial charge < -0.3 is 9.64 Å². The molecule has 1 fully saturated rings. The first-order valence-corrected chi connectivity index (χ1v) is 9.21. The maximum Gasteiger partial charge on any atom is 0.207 e. The van der Waals surface area contributed by atoms with Crippen molar-refractivity contribution in [1.82, 2.24) is 15.0 Å². The topological polar surface area (TPSA) is 101 Å². The quantitative estimate of drug-likeness (QED) is 0.805. The van der Waals surface area contributed by atoms with E-state index in [1.54, 1.807) is 43.3 Å². The van der Waals surface area contributed by atoms with Gasteiger partial charge in [0.25, 0.3) is 0 Å². The van der Waals surface area contributed by atoms with Gasteiger partial charge >= 0.3 is 0 Å². The summed E-state index contributed by atoms with van der Waals surface area (Å²) in [7, 11) is 0.289. The number of anilines is 1. The van der Waals surface area contributed by atoms with E-state index in [2.05, 4.69) is 10.2 Å². The monoisotopic (exact) mass is 347 g/mol. The van der Waals surface area contributed by atoms with Gasteiger partial charge in [-0.3, -0.25) is 0 Å². The van der Waals surface area contributed by atoms with Gasteiger partial charge in [-0.1, -0.05) is 6.07 Å². The molecular formula is C15H17N5O3S. The summed E-state index contributed by atoms with van der Waals surface area (Å²) in [5.41, 5.74) is 0.814. The molecule has 0 spiro atoms. The van der Waals surface area contributed by atoms with Crippen molar-refractivity contribution in [2.75, 3.05) is 30.6 Å². The lowest BCUT2D eigenvalue weighted by Crippen LogP contribution is -2.33. The first-order chi connectivity index (χ1) is 11.4. The lowest BCUT2D eigenvalue weighted by molar-refractivity contribution is 0.414. The van der Waals surface area contributed by atoms with Crippen LogP contribution >= 0.6 is 0 Å². The van der Waals surface area contributed by atoms with Crippen molar-refractivity contribution < 1.29 is 13.2 Å². The van der Waals surface area contributed by atoms with Crippen LogP contribution in [0.3, 0.4) is 0 Å². The highest BCUT2D eigenvalue weighted by Crippen LogP contribution is 2.24. The lowest BCUT2D eigenvalue weighted by atomic mass is 10.2. The summed E-state index contributed by atoms with van der Waals surface area (Å²) in [5.74, 6) is 1.26. The maximum absolute atomic E-state index is 11.7. The molecule has 0 radical (unpaired) electrons. The number of nitriles is 1. The first kappa shape index (κ1) is 16.3. The summed E-state index contributed by atoms with van der Waals surface area (Å²) in [5, 5.41) is 17.9. The van der Waals surface area contributed by atoms with E-state index in [-0.39, 0.29) is 23.2 Å². The summed E-state index contributed by atoms with van der Waals surface area (Å²) >= 11 is 0. The average molecular weight is 347 g/mol. The molecule has 0 saturated carbocycles.